The molecule has 29 heavy (non-hydrogen) atoms. The van der Waals surface area contributed by atoms with Crippen molar-refractivity contribution in [2.45, 2.75) is 25.2 Å². The summed E-state index contributed by atoms with van der Waals surface area (Å²) >= 11 is 0. The Bertz CT molecular complexity index is 911. The van der Waals surface area contributed by atoms with Gasteiger partial charge < -0.3 is 18.9 Å². The third-order valence-electron chi connectivity index (χ3n) is 3.68. The van der Waals surface area contributed by atoms with Crippen molar-refractivity contribution in [2.75, 3.05) is 26.4 Å². The Kier molecular flexibility index (Phi) is 8.29. The topological polar surface area (TPSA) is 114 Å². The third kappa shape index (κ3) is 6.95. The molecule has 0 saturated heterocycles. The number of carbonyl (C=O) groups is 1. The van der Waals surface area contributed by atoms with Crippen LogP contribution in [-0.2, 0) is 14.8 Å². The highest BCUT2D eigenvalue weighted by molar-refractivity contribution is 7.89. The van der Waals surface area contributed by atoms with Crippen LogP contribution in [0.15, 0.2) is 47.4 Å². The molecule has 0 atom stereocenters. The summed E-state index contributed by atoms with van der Waals surface area (Å²) in [5.74, 6) is 0.990. The molecule has 0 saturated carbocycles. The molecule has 0 unspecified atom stereocenters. The van der Waals surface area contributed by atoms with Crippen LogP contribution in [0.1, 0.15) is 30.6 Å². The molecule has 2 aromatic rings. The second kappa shape index (κ2) is 10.7. The SMILES string of the molecule is CCCOc1ccc(C(=O)OCCOc2ccc(S(N)(=O)=O)cc2)cc1OCC. The van der Waals surface area contributed by atoms with E-state index in [4.69, 9.17) is 24.1 Å². The van der Waals surface area contributed by atoms with Crippen LogP contribution >= 0.6 is 0 Å². The van der Waals surface area contributed by atoms with Gasteiger partial charge in [-0.25, -0.2) is 18.4 Å². The molecule has 158 valence electrons. The van der Waals surface area contributed by atoms with E-state index < -0.39 is 16.0 Å². The van der Waals surface area contributed by atoms with Crippen LogP contribution in [0.5, 0.6) is 17.2 Å². The predicted octanol–water partition coefficient (Wildman–Crippen LogP) is 2.76. The van der Waals surface area contributed by atoms with Crippen LogP contribution in [0.2, 0.25) is 0 Å². The van der Waals surface area contributed by atoms with Gasteiger partial charge in [0.25, 0.3) is 0 Å². The maximum Gasteiger partial charge on any atom is 0.338 e. The molecule has 0 heterocycles. The number of rotatable bonds is 11. The number of ether oxygens (including phenoxy) is 4. The predicted molar refractivity (Wildman–Crippen MR) is 107 cm³/mol. The van der Waals surface area contributed by atoms with Crippen molar-refractivity contribution in [2.24, 2.45) is 5.14 Å². The largest absolute Gasteiger partial charge is 0.490 e. The molecule has 0 aliphatic heterocycles. The van der Waals surface area contributed by atoms with Crippen LogP contribution in [-0.4, -0.2) is 40.8 Å². The Balaban J connectivity index is 1.87. The second-order valence-corrected chi connectivity index (χ2v) is 7.51. The van der Waals surface area contributed by atoms with E-state index in [1.54, 1.807) is 18.2 Å². The number of esters is 1. The maximum absolute atomic E-state index is 12.2. The fraction of sp³-hybridized carbons (Fsp3) is 0.350. The Labute approximate surface area is 170 Å². The fourth-order valence-corrected chi connectivity index (χ4v) is 2.85. The zero-order valence-electron chi connectivity index (χ0n) is 16.4. The van der Waals surface area contributed by atoms with Crippen LogP contribution < -0.4 is 19.3 Å². The molecule has 2 N–H and O–H groups in total. The van der Waals surface area contributed by atoms with Gasteiger partial charge in [0.05, 0.1) is 23.7 Å². The van der Waals surface area contributed by atoms with Gasteiger partial charge in [0, 0.05) is 0 Å². The molecule has 0 bridgehead atoms. The van der Waals surface area contributed by atoms with E-state index >= 15 is 0 Å². The normalized spacial score (nSPS) is 11.0. The number of carbonyl (C=O) groups excluding carboxylic acids is 1. The van der Waals surface area contributed by atoms with E-state index in [-0.39, 0.29) is 18.1 Å². The first-order valence-corrected chi connectivity index (χ1v) is 10.7. The Morgan fingerprint density at radius 3 is 2.24 bits per heavy atom. The number of sulfonamides is 1. The Morgan fingerprint density at radius 1 is 0.897 bits per heavy atom. The monoisotopic (exact) mass is 423 g/mol. The quantitative estimate of drug-likeness (QED) is 0.436. The average molecular weight is 423 g/mol. The summed E-state index contributed by atoms with van der Waals surface area (Å²) in [5, 5.41) is 5.04. The van der Waals surface area contributed by atoms with E-state index in [0.29, 0.717) is 36.0 Å². The summed E-state index contributed by atoms with van der Waals surface area (Å²) in [4.78, 5) is 12.2. The minimum Gasteiger partial charge on any atom is -0.490 e. The van der Waals surface area contributed by atoms with Crippen molar-refractivity contribution in [1.29, 1.82) is 0 Å². The number of primary sulfonamides is 1. The maximum atomic E-state index is 12.2. The van der Waals surface area contributed by atoms with E-state index in [1.165, 1.54) is 24.3 Å². The summed E-state index contributed by atoms with van der Waals surface area (Å²) in [6.07, 6.45) is 0.861. The molecule has 0 radical (unpaired) electrons. The van der Waals surface area contributed by atoms with Gasteiger partial charge in [0.2, 0.25) is 10.0 Å². The van der Waals surface area contributed by atoms with Crippen LogP contribution in [0.25, 0.3) is 0 Å². The zero-order chi connectivity index (χ0) is 21.3. The van der Waals surface area contributed by atoms with Crippen molar-refractivity contribution in [3.05, 3.63) is 48.0 Å². The highest BCUT2D eigenvalue weighted by Gasteiger charge is 2.13. The smallest absolute Gasteiger partial charge is 0.338 e. The van der Waals surface area contributed by atoms with Crippen molar-refractivity contribution >= 4 is 16.0 Å². The minimum atomic E-state index is -3.75. The lowest BCUT2D eigenvalue weighted by molar-refractivity contribution is 0.0450. The second-order valence-electron chi connectivity index (χ2n) is 5.94. The van der Waals surface area contributed by atoms with E-state index in [2.05, 4.69) is 0 Å². The van der Waals surface area contributed by atoms with Gasteiger partial charge in [-0.3, -0.25) is 0 Å². The molecule has 0 fully saturated rings. The molecular weight excluding hydrogens is 398 g/mol. The van der Waals surface area contributed by atoms with Crippen molar-refractivity contribution in [3.63, 3.8) is 0 Å². The highest BCUT2D eigenvalue weighted by atomic mass is 32.2. The van der Waals surface area contributed by atoms with Gasteiger partial charge in [-0.2, -0.15) is 0 Å². The Hall–Kier alpha value is -2.78. The van der Waals surface area contributed by atoms with E-state index in [9.17, 15) is 13.2 Å². The molecule has 0 aliphatic rings. The van der Waals surface area contributed by atoms with Crippen molar-refractivity contribution in [1.82, 2.24) is 0 Å². The van der Waals surface area contributed by atoms with Crippen LogP contribution in [0.3, 0.4) is 0 Å². The van der Waals surface area contributed by atoms with Crippen molar-refractivity contribution in [3.8, 4) is 17.2 Å². The number of benzene rings is 2. The molecule has 0 spiro atoms. The molecule has 2 aromatic carbocycles. The molecule has 8 nitrogen and oxygen atoms in total. The number of hydrogen-bond acceptors (Lipinski definition) is 7. The summed E-state index contributed by atoms with van der Waals surface area (Å²) in [6, 6.07) is 10.5. The lowest BCUT2D eigenvalue weighted by Crippen LogP contribution is -2.13. The van der Waals surface area contributed by atoms with Gasteiger partial charge in [-0.15, -0.1) is 0 Å². The molecule has 9 heteroatoms. The van der Waals surface area contributed by atoms with Gasteiger partial charge in [0.1, 0.15) is 19.0 Å². The van der Waals surface area contributed by atoms with Crippen LogP contribution in [0.4, 0.5) is 0 Å². The van der Waals surface area contributed by atoms with Gasteiger partial charge >= 0.3 is 5.97 Å². The average Bonchev–Trinajstić information content (AvgIpc) is 2.70. The Morgan fingerprint density at radius 2 is 1.62 bits per heavy atom. The standard InChI is InChI=1S/C20H25NO7S/c1-3-11-27-18-10-5-15(14-19(18)25-4-2)20(22)28-13-12-26-16-6-8-17(9-7-16)29(21,23)24/h5-10,14H,3-4,11-13H2,1-2H3,(H2,21,23,24). The summed E-state index contributed by atoms with van der Waals surface area (Å²) in [6.45, 7) is 4.98. The fourth-order valence-electron chi connectivity index (χ4n) is 2.34. The number of nitrogens with two attached hydrogens (primary N) is 1. The zero-order valence-corrected chi connectivity index (χ0v) is 17.2. The van der Waals surface area contributed by atoms with E-state index in [1.807, 2.05) is 13.8 Å². The lowest BCUT2D eigenvalue weighted by atomic mass is 10.2. The van der Waals surface area contributed by atoms with Crippen LogP contribution in [0, 0.1) is 0 Å². The first kappa shape index (κ1) is 22.5. The summed E-state index contributed by atoms with van der Waals surface area (Å²) in [5.41, 5.74) is 0.342. The third-order valence-corrected chi connectivity index (χ3v) is 4.61. The molecular formula is C20H25NO7S. The van der Waals surface area contributed by atoms with Crippen molar-refractivity contribution < 1.29 is 32.2 Å². The molecule has 0 aliphatic carbocycles. The molecule has 0 aromatic heterocycles. The number of hydrogen-bond donors (Lipinski definition) is 1. The summed E-state index contributed by atoms with van der Waals surface area (Å²) in [7, 11) is -3.75. The molecule has 0 amide bonds. The van der Waals surface area contributed by atoms with Gasteiger partial charge in [-0.1, -0.05) is 6.92 Å². The van der Waals surface area contributed by atoms with Gasteiger partial charge in [-0.05, 0) is 55.8 Å². The highest BCUT2D eigenvalue weighted by Crippen LogP contribution is 2.29. The molecule has 2 rings (SSSR count). The first-order valence-electron chi connectivity index (χ1n) is 9.17. The lowest BCUT2D eigenvalue weighted by Gasteiger charge is -2.13. The van der Waals surface area contributed by atoms with Gasteiger partial charge in [0.15, 0.2) is 11.5 Å². The van der Waals surface area contributed by atoms with E-state index in [0.717, 1.165) is 6.42 Å². The minimum absolute atomic E-state index is 0.00672. The summed E-state index contributed by atoms with van der Waals surface area (Å²) < 4.78 is 44.2. The first-order chi connectivity index (χ1) is 13.8.